The summed E-state index contributed by atoms with van der Waals surface area (Å²) in [7, 11) is 3.83. The van der Waals surface area contributed by atoms with Gasteiger partial charge >= 0.3 is 0 Å². The van der Waals surface area contributed by atoms with Crippen LogP contribution in [0.5, 0.6) is 5.75 Å². The quantitative estimate of drug-likeness (QED) is 0.674. The van der Waals surface area contributed by atoms with Gasteiger partial charge in [-0.25, -0.2) is 0 Å². The fourth-order valence-electron chi connectivity index (χ4n) is 3.97. The topological polar surface area (TPSA) is 42.4 Å². The highest BCUT2D eigenvalue weighted by atomic mass is 16.5. The summed E-state index contributed by atoms with van der Waals surface area (Å²) in [6.07, 6.45) is 8.19. The highest BCUT2D eigenvalue weighted by Crippen LogP contribution is 2.24. The maximum atomic E-state index is 11.7. The Kier molecular flexibility index (Phi) is 6.62. The summed E-state index contributed by atoms with van der Waals surface area (Å²) in [6.45, 7) is 2.78. The highest BCUT2D eigenvalue weighted by molar-refractivity contribution is 5.77. The number of aldehydes is 1. The van der Waals surface area contributed by atoms with Gasteiger partial charge in [-0.05, 0) is 62.6 Å². The maximum absolute atomic E-state index is 11.7. The van der Waals surface area contributed by atoms with Gasteiger partial charge in [0.2, 0.25) is 0 Å². The molecule has 27 heavy (non-hydrogen) atoms. The summed E-state index contributed by atoms with van der Waals surface area (Å²) >= 11 is 0. The van der Waals surface area contributed by atoms with Crippen molar-refractivity contribution in [1.82, 2.24) is 9.88 Å². The van der Waals surface area contributed by atoms with Gasteiger partial charge in [-0.3, -0.25) is 14.7 Å². The SMILES string of the molecule is COc1ccc(Cc2cc(C=O)c(CN(C)C3CCCCC3)nc2C)cc1. The Balaban J connectivity index is 1.76. The fraction of sp³-hybridized carbons (Fsp3) is 0.478. The monoisotopic (exact) mass is 366 g/mol. The van der Waals surface area contributed by atoms with Gasteiger partial charge < -0.3 is 4.74 Å². The first-order valence-electron chi connectivity index (χ1n) is 9.88. The van der Waals surface area contributed by atoms with Crippen LogP contribution in [-0.2, 0) is 13.0 Å². The van der Waals surface area contributed by atoms with E-state index in [1.165, 1.54) is 37.7 Å². The number of carbonyl (C=O) groups is 1. The van der Waals surface area contributed by atoms with Crippen LogP contribution in [0.1, 0.15) is 65.0 Å². The number of hydrogen-bond donors (Lipinski definition) is 0. The van der Waals surface area contributed by atoms with E-state index in [0.717, 1.165) is 42.0 Å². The van der Waals surface area contributed by atoms with Crippen LogP contribution < -0.4 is 4.74 Å². The van der Waals surface area contributed by atoms with E-state index in [4.69, 9.17) is 9.72 Å². The molecule has 3 rings (SSSR count). The molecule has 0 saturated heterocycles. The summed E-state index contributed by atoms with van der Waals surface area (Å²) < 4.78 is 5.22. The molecule has 2 aromatic rings. The van der Waals surface area contributed by atoms with E-state index in [1.807, 2.05) is 25.1 Å². The van der Waals surface area contributed by atoms with Crippen molar-refractivity contribution in [2.75, 3.05) is 14.2 Å². The molecule has 1 aromatic heterocycles. The largest absolute Gasteiger partial charge is 0.497 e. The highest BCUT2D eigenvalue weighted by Gasteiger charge is 2.20. The third-order valence-electron chi connectivity index (χ3n) is 5.71. The molecule has 0 radical (unpaired) electrons. The predicted molar refractivity (Wildman–Crippen MR) is 109 cm³/mol. The summed E-state index contributed by atoms with van der Waals surface area (Å²) in [5.41, 5.74) is 4.90. The molecule has 1 fully saturated rings. The van der Waals surface area contributed by atoms with Crippen LogP contribution in [0.4, 0.5) is 0 Å². The van der Waals surface area contributed by atoms with Gasteiger partial charge in [0, 0.05) is 23.8 Å². The number of rotatable bonds is 7. The number of aryl methyl sites for hydroxylation is 1. The van der Waals surface area contributed by atoms with E-state index in [0.29, 0.717) is 11.6 Å². The van der Waals surface area contributed by atoms with E-state index in [1.54, 1.807) is 7.11 Å². The lowest BCUT2D eigenvalue weighted by atomic mass is 9.94. The van der Waals surface area contributed by atoms with Gasteiger partial charge in [-0.2, -0.15) is 0 Å². The Morgan fingerprint density at radius 1 is 1.19 bits per heavy atom. The van der Waals surface area contributed by atoms with Crippen molar-refractivity contribution in [3.63, 3.8) is 0 Å². The lowest BCUT2D eigenvalue weighted by molar-refractivity contribution is 0.111. The molecule has 1 heterocycles. The molecule has 0 unspecified atom stereocenters. The molecular formula is C23H30N2O2. The fourth-order valence-corrected chi connectivity index (χ4v) is 3.97. The minimum Gasteiger partial charge on any atom is -0.497 e. The molecule has 0 spiro atoms. The number of nitrogens with zero attached hydrogens (tertiary/aromatic N) is 2. The number of pyridine rings is 1. The molecule has 0 bridgehead atoms. The summed E-state index contributed by atoms with van der Waals surface area (Å²) in [5.74, 6) is 0.850. The number of carbonyl (C=O) groups excluding carboxylic acids is 1. The Morgan fingerprint density at radius 2 is 1.89 bits per heavy atom. The van der Waals surface area contributed by atoms with Crippen LogP contribution in [0.25, 0.3) is 0 Å². The van der Waals surface area contributed by atoms with E-state index >= 15 is 0 Å². The van der Waals surface area contributed by atoms with E-state index in [2.05, 4.69) is 24.1 Å². The minimum absolute atomic E-state index is 0.610. The smallest absolute Gasteiger partial charge is 0.151 e. The molecule has 0 aliphatic heterocycles. The van der Waals surface area contributed by atoms with Crippen molar-refractivity contribution >= 4 is 6.29 Å². The number of hydrogen-bond acceptors (Lipinski definition) is 4. The Morgan fingerprint density at radius 3 is 2.52 bits per heavy atom. The Bertz CT molecular complexity index is 765. The molecule has 0 amide bonds. The molecule has 1 saturated carbocycles. The van der Waals surface area contributed by atoms with E-state index < -0.39 is 0 Å². The second-order valence-corrected chi connectivity index (χ2v) is 7.62. The third-order valence-corrected chi connectivity index (χ3v) is 5.71. The first kappa shape index (κ1) is 19.6. The number of aromatic nitrogens is 1. The second kappa shape index (κ2) is 9.14. The number of benzene rings is 1. The van der Waals surface area contributed by atoms with Gasteiger partial charge in [-0.15, -0.1) is 0 Å². The predicted octanol–water partition coefficient (Wildman–Crippen LogP) is 4.57. The van der Waals surface area contributed by atoms with Crippen molar-refractivity contribution in [2.24, 2.45) is 0 Å². The average Bonchev–Trinajstić information content (AvgIpc) is 2.71. The van der Waals surface area contributed by atoms with Crippen molar-refractivity contribution in [2.45, 2.75) is 58.0 Å². The van der Waals surface area contributed by atoms with Crippen LogP contribution in [-0.4, -0.2) is 36.4 Å². The molecule has 1 aromatic carbocycles. The van der Waals surface area contributed by atoms with Crippen LogP contribution in [0, 0.1) is 6.92 Å². The summed E-state index contributed by atoms with van der Waals surface area (Å²) in [5, 5.41) is 0. The lowest BCUT2D eigenvalue weighted by Crippen LogP contribution is -2.33. The molecule has 1 aliphatic rings. The maximum Gasteiger partial charge on any atom is 0.151 e. The van der Waals surface area contributed by atoms with Crippen molar-refractivity contribution < 1.29 is 9.53 Å². The first-order chi connectivity index (χ1) is 13.1. The molecule has 0 atom stereocenters. The van der Waals surface area contributed by atoms with Gasteiger partial charge in [0.25, 0.3) is 0 Å². The summed E-state index contributed by atoms with van der Waals surface area (Å²) in [4.78, 5) is 18.9. The standard InChI is InChI=1S/C23H30N2O2/c1-17-19(13-18-9-11-22(27-3)12-10-18)14-20(16-26)23(24-17)15-25(2)21-7-5-4-6-8-21/h9-12,14,16,21H,4-8,13,15H2,1-3H3. The van der Waals surface area contributed by atoms with Gasteiger partial charge in [0.05, 0.1) is 12.8 Å². The Labute approximate surface area is 162 Å². The van der Waals surface area contributed by atoms with E-state index in [-0.39, 0.29) is 0 Å². The molecule has 4 nitrogen and oxygen atoms in total. The zero-order valence-corrected chi connectivity index (χ0v) is 16.7. The molecule has 4 heteroatoms. The van der Waals surface area contributed by atoms with Crippen molar-refractivity contribution in [1.29, 1.82) is 0 Å². The Hall–Kier alpha value is -2.20. The van der Waals surface area contributed by atoms with Crippen molar-refractivity contribution in [3.05, 3.63) is 58.4 Å². The van der Waals surface area contributed by atoms with Crippen molar-refractivity contribution in [3.8, 4) is 5.75 Å². The van der Waals surface area contributed by atoms with Gasteiger partial charge in [0.15, 0.2) is 6.29 Å². The second-order valence-electron chi connectivity index (χ2n) is 7.62. The molecule has 1 aliphatic carbocycles. The number of methoxy groups -OCH3 is 1. The number of ether oxygens (including phenoxy) is 1. The first-order valence-corrected chi connectivity index (χ1v) is 9.88. The van der Waals surface area contributed by atoms with Crippen LogP contribution in [0.2, 0.25) is 0 Å². The minimum atomic E-state index is 0.610. The third kappa shape index (κ3) is 4.95. The average molecular weight is 367 g/mol. The zero-order valence-electron chi connectivity index (χ0n) is 16.7. The van der Waals surface area contributed by atoms with E-state index in [9.17, 15) is 4.79 Å². The summed E-state index contributed by atoms with van der Waals surface area (Å²) in [6, 6.07) is 10.7. The van der Waals surface area contributed by atoms with Gasteiger partial charge in [-0.1, -0.05) is 31.4 Å². The van der Waals surface area contributed by atoms with Crippen LogP contribution in [0.15, 0.2) is 30.3 Å². The lowest BCUT2D eigenvalue weighted by Gasteiger charge is -2.31. The molecule has 144 valence electrons. The molecular weight excluding hydrogens is 336 g/mol. The van der Waals surface area contributed by atoms with Crippen LogP contribution in [0.3, 0.4) is 0 Å². The zero-order chi connectivity index (χ0) is 19.2. The van der Waals surface area contributed by atoms with Gasteiger partial charge in [0.1, 0.15) is 5.75 Å². The van der Waals surface area contributed by atoms with Crippen LogP contribution >= 0.6 is 0 Å². The molecule has 0 N–H and O–H groups in total. The normalized spacial score (nSPS) is 15.1.